The smallest absolute Gasteiger partial charge is 0.145 e. The molecule has 0 aliphatic carbocycles. The maximum Gasteiger partial charge on any atom is 0.145 e. The van der Waals surface area contributed by atoms with Crippen LogP contribution in [0.4, 0.5) is 0 Å². The Labute approximate surface area is 64.4 Å². The molecule has 1 rings (SSSR count). The second-order valence-electron chi connectivity index (χ2n) is 1.84. The topological polar surface area (TPSA) is 38.4 Å². The Morgan fingerprint density at radius 3 is 2.40 bits per heavy atom. The Hall–Kier alpha value is -1.02. The Morgan fingerprint density at radius 1 is 1.30 bits per heavy atom. The Morgan fingerprint density at radius 2 is 1.90 bits per heavy atom. The molecule has 2 nitrogen and oxygen atoms in total. The van der Waals surface area contributed by atoms with Crippen LogP contribution in [0.3, 0.4) is 0 Å². The van der Waals surface area contributed by atoms with E-state index in [2.05, 4.69) is 4.51 Å². The molecular formula is C7H7ClN2. The quantitative estimate of drug-likeness (QED) is 0.484. The van der Waals surface area contributed by atoms with Gasteiger partial charge in [0.05, 0.1) is 0 Å². The van der Waals surface area contributed by atoms with Gasteiger partial charge in [0.25, 0.3) is 0 Å². The van der Waals surface area contributed by atoms with E-state index in [0.29, 0.717) is 5.84 Å². The SMILES string of the molecule is NC(=NCl)c1ccccc1. The number of hydrogen-bond donors (Lipinski definition) is 1. The fourth-order valence-electron chi connectivity index (χ4n) is 0.658. The maximum absolute atomic E-state index is 5.41. The predicted octanol–water partition coefficient (Wildman–Crippen LogP) is 1.55. The number of rotatable bonds is 1. The molecule has 0 aliphatic heterocycles. The van der Waals surface area contributed by atoms with Gasteiger partial charge in [0.15, 0.2) is 0 Å². The maximum atomic E-state index is 5.41. The van der Waals surface area contributed by atoms with Gasteiger partial charge in [0.1, 0.15) is 5.84 Å². The van der Waals surface area contributed by atoms with Gasteiger partial charge in [-0.2, -0.15) is 4.51 Å². The third kappa shape index (κ3) is 1.48. The molecule has 0 amide bonds. The van der Waals surface area contributed by atoms with Crippen LogP contribution in [0.15, 0.2) is 34.8 Å². The van der Waals surface area contributed by atoms with Crippen molar-refractivity contribution >= 4 is 17.6 Å². The monoisotopic (exact) mass is 154 g/mol. The summed E-state index contributed by atoms with van der Waals surface area (Å²) in [5.41, 5.74) is 6.26. The van der Waals surface area contributed by atoms with Crippen molar-refractivity contribution in [3.63, 3.8) is 0 Å². The lowest BCUT2D eigenvalue weighted by Gasteiger charge is -1.94. The average molecular weight is 155 g/mol. The number of nitrogens with two attached hydrogens (primary N) is 1. The van der Waals surface area contributed by atoms with E-state index in [1.165, 1.54) is 0 Å². The Balaban J connectivity index is 2.96. The second kappa shape index (κ2) is 3.22. The number of amidine groups is 1. The zero-order valence-electron chi connectivity index (χ0n) is 5.29. The lowest BCUT2D eigenvalue weighted by atomic mass is 10.2. The van der Waals surface area contributed by atoms with Gasteiger partial charge in [-0.1, -0.05) is 30.3 Å². The molecule has 0 saturated heterocycles. The Kier molecular flexibility index (Phi) is 2.29. The Bertz CT molecular complexity index is 231. The van der Waals surface area contributed by atoms with Crippen molar-refractivity contribution in [3.8, 4) is 0 Å². The number of nitrogens with zero attached hydrogens (tertiary/aromatic N) is 1. The van der Waals surface area contributed by atoms with Gasteiger partial charge in [-0.15, -0.1) is 0 Å². The average Bonchev–Trinajstić information content (AvgIpc) is 2.05. The minimum atomic E-state index is 0.349. The van der Waals surface area contributed by atoms with Crippen LogP contribution < -0.4 is 5.73 Å². The summed E-state index contributed by atoms with van der Waals surface area (Å²) < 4.78 is 3.33. The van der Waals surface area contributed by atoms with Crippen molar-refractivity contribution in [2.45, 2.75) is 0 Å². The first-order valence-corrected chi connectivity index (χ1v) is 3.18. The summed E-state index contributed by atoms with van der Waals surface area (Å²) in [6, 6.07) is 9.36. The molecule has 0 saturated carbocycles. The first kappa shape index (κ1) is 7.09. The predicted molar refractivity (Wildman–Crippen MR) is 43.0 cm³/mol. The summed E-state index contributed by atoms with van der Waals surface area (Å²) in [6.45, 7) is 0. The molecule has 0 heterocycles. The highest BCUT2D eigenvalue weighted by Gasteiger charge is 1.92. The molecule has 0 unspecified atom stereocenters. The molecule has 52 valence electrons. The van der Waals surface area contributed by atoms with Crippen LogP contribution in [-0.4, -0.2) is 5.84 Å². The first-order chi connectivity index (χ1) is 4.84. The molecule has 0 aliphatic rings. The van der Waals surface area contributed by atoms with Crippen LogP contribution >= 0.6 is 11.8 Å². The van der Waals surface area contributed by atoms with E-state index < -0.39 is 0 Å². The largest absolute Gasteiger partial charge is 0.382 e. The molecule has 0 bridgehead atoms. The second-order valence-corrected chi connectivity index (χ2v) is 2.00. The molecule has 0 spiro atoms. The van der Waals surface area contributed by atoms with Crippen LogP contribution in [0, 0.1) is 0 Å². The van der Waals surface area contributed by atoms with Gasteiger partial charge in [-0.05, 0) is 0 Å². The molecule has 10 heavy (non-hydrogen) atoms. The third-order valence-electron chi connectivity index (χ3n) is 1.16. The van der Waals surface area contributed by atoms with Gasteiger partial charge >= 0.3 is 0 Å². The van der Waals surface area contributed by atoms with Gasteiger partial charge in [0, 0.05) is 17.3 Å². The summed E-state index contributed by atoms with van der Waals surface area (Å²) in [4.78, 5) is 0. The summed E-state index contributed by atoms with van der Waals surface area (Å²) in [6.07, 6.45) is 0. The van der Waals surface area contributed by atoms with Crippen LogP contribution in [0.1, 0.15) is 5.56 Å². The minimum absolute atomic E-state index is 0.349. The van der Waals surface area contributed by atoms with Crippen molar-refractivity contribution in [3.05, 3.63) is 35.9 Å². The molecule has 2 N–H and O–H groups in total. The normalized spacial score (nSPS) is 11.5. The van der Waals surface area contributed by atoms with Crippen LogP contribution in [0.25, 0.3) is 0 Å². The van der Waals surface area contributed by atoms with E-state index in [9.17, 15) is 0 Å². The molecule has 0 fully saturated rings. The standard InChI is InChI=1S/C7H7ClN2/c8-10-7(9)6-4-2-1-3-5-6/h1-5H,(H2,9,10). The van der Waals surface area contributed by atoms with Crippen molar-refractivity contribution in [2.24, 2.45) is 10.2 Å². The van der Waals surface area contributed by atoms with Gasteiger partial charge in [-0.25, -0.2) is 0 Å². The fourth-order valence-corrected chi connectivity index (χ4v) is 0.755. The molecule has 0 atom stereocenters. The fraction of sp³-hybridized carbons (Fsp3) is 0. The first-order valence-electron chi connectivity index (χ1n) is 2.84. The number of hydrogen-bond acceptors (Lipinski definition) is 1. The van der Waals surface area contributed by atoms with Crippen molar-refractivity contribution in [1.82, 2.24) is 0 Å². The number of benzene rings is 1. The summed E-state index contributed by atoms with van der Waals surface area (Å²) in [5.74, 6) is 0.349. The van der Waals surface area contributed by atoms with Gasteiger partial charge < -0.3 is 5.73 Å². The third-order valence-corrected chi connectivity index (χ3v) is 1.34. The lowest BCUT2D eigenvalue weighted by Crippen LogP contribution is -2.11. The molecule has 1 aromatic rings. The van der Waals surface area contributed by atoms with Crippen LogP contribution in [0.5, 0.6) is 0 Å². The highest BCUT2D eigenvalue weighted by atomic mass is 35.5. The van der Waals surface area contributed by atoms with Crippen molar-refractivity contribution in [1.29, 1.82) is 0 Å². The molecular weight excluding hydrogens is 148 g/mol. The van der Waals surface area contributed by atoms with Gasteiger partial charge in [-0.3, -0.25) is 0 Å². The summed E-state index contributed by atoms with van der Waals surface area (Å²) in [7, 11) is 0. The van der Waals surface area contributed by atoms with Gasteiger partial charge in [0.2, 0.25) is 0 Å². The number of halogens is 1. The lowest BCUT2D eigenvalue weighted by molar-refractivity contribution is 1.56. The van der Waals surface area contributed by atoms with Crippen LogP contribution in [-0.2, 0) is 0 Å². The van der Waals surface area contributed by atoms with E-state index in [0.717, 1.165) is 5.56 Å². The van der Waals surface area contributed by atoms with E-state index in [1.807, 2.05) is 30.3 Å². The van der Waals surface area contributed by atoms with E-state index in [1.54, 1.807) is 0 Å². The molecule has 1 aromatic carbocycles. The summed E-state index contributed by atoms with van der Waals surface area (Å²) in [5, 5.41) is 0. The zero-order valence-corrected chi connectivity index (χ0v) is 6.05. The van der Waals surface area contributed by atoms with E-state index in [-0.39, 0.29) is 0 Å². The summed E-state index contributed by atoms with van der Waals surface area (Å²) >= 11 is 5.15. The van der Waals surface area contributed by atoms with Crippen molar-refractivity contribution in [2.75, 3.05) is 0 Å². The highest BCUT2D eigenvalue weighted by Crippen LogP contribution is 1.97. The molecule has 3 heteroatoms. The minimum Gasteiger partial charge on any atom is -0.382 e. The molecule has 0 radical (unpaired) electrons. The van der Waals surface area contributed by atoms with E-state index >= 15 is 0 Å². The van der Waals surface area contributed by atoms with E-state index in [4.69, 9.17) is 17.5 Å². The zero-order chi connectivity index (χ0) is 7.40. The van der Waals surface area contributed by atoms with Crippen molar-refractivity contribution < 1.29 is 0 Å². The molecule has 0 aromatic heterocycles. The highest BCUT2D eigenvalue weighted by molar-refractivity contribution is 6.22. The van der Waals surface area contributed by atoms with Crippen LogP contribution in [0.2, 0.25) is 0 Å².